The Morgan fingerprint density at radius 1 is 0.773 bits per heavy atom. The molecule has 1 aliphatic carbocycles. The van der Waals surface area contributed by atoms with Gasteiger partial charge in [0.1, 0.15) is 0 Å². The van der Waals surface area contributed by atoms with Gasteiger partial charge in [0.05, 0.1) is 17.5 Å². The Balaban J connectivity index is 1.66. The minimum Gasteiger partial charge on any atom is -0.274 e. The van der Waals surface area contributed by atoms with E-state index in [-0.39, 0.29) is 29.6 Å². The van der Waals surface area contributed by atoms with Gasteiger partial charge in [0.2, 0.25) is 11.8 Å². The highest BCUT2D eigenvalue weighted by molar-refractivity contribution is 6.36. The van der Waals surface area contributed by atoms with Gasteiger partial charge in [0.15, 0.2) is 0 Å². The van der Waals surface area contributed by atoms with E-state index in [1.165, 1.54) is 4.90 Å². The molecule has 0 spiro atoms. The van der Waals surface area contributed by atoms with Crippen LogP contribution in [0.25, 0.3) is 0 Å². The molecule has 0 bridgehead atoms. The summed E-state index contributed by atoms with van der Waals surface area (Å²) in [7, 11) is 0. The van der Waals surface area contributed by atoms with Crippen LogP contribution in [0.1, 0.15) is 11.5 Å². The summed E-state index contributed by atoms with van der Waals surface area (Å²) in [5, 5.41) is 0.812. The van der Waals surface area contributed by atoms with Gasteiger partial charge in [-0.25, -0.2) is 4.90 Å². The van der Waals surface area contributed by atoms with Gasteiger partial charge in [0, 0.05) is 16.0 Å². The van der Waals surface area contributed by atoms with Gasteiger partial charge in [-0.05, 0) is 23.8 Å². The molecule has 2 fully saturated rings. The standard InChI is InChI=1S/C17H11Cl2NO2/c18-10-6-11(19)8-12(7-10)20-16(21)14-13(15(14)17(20)22)9-4-2-1-3-5-9/h1-8,13-15H/t13-,14+,15-. The minimum atomic E-state index is -0.257. The number of carbonyl (C=O) groups is 2. The fourth-order valence-corrected chi connectivity index (χ4v) is 3.86. The molecular weight excluding hydrogens is 321 g/mol. The Hall–Kier alpha value is -1.84. The fourth-order valence-electron chi connectivity index (χ4n) is 3.34. The zero-order valence-electron chi connectivity index (χ0n) is 11.4. The maximum atomic E-state index is 12.6. The second-order valence-electron chi connectivity index (χ2n) is 5.63. The molecule has 0 aromatic heterocycles. The van der Waals surface area contributed by atoms with Gasteiger partial charge in [0.25, 0.3) is 0 Å². The summed E-state index contributed by atoms with van der Waals surface area (Å²) in [5.74, 6) is -0.836. The van der Waals surface area contributed by atoms with E-state index in [2.05, 4.69) is 0 Å². The predicted octanol–water partition coefficient (Wildman–Crippen LogP) is 3.90. The minimum absolute atomic E-state index is 0.00658. The van der Waals surface area contributed by atoms with Gasteiger partial charge in [-0.2, -0.15) is 0 Å². The van der Waals surface area contributed by atoms with Crippen LogP contribution in [-0.2, 0) is 9.59 Å². The maximum Gasteiger partial charge on any atom is 0.238 e. The van der Waals surface area contributed by atoms with Crippen LogP contribution in [-0.4, -0.2) is 11.8 Å². The molecule has 1 saturated carbocycles. The molecule has 3 atom stereocenters. The highest BCUT2D eigenvalue weighted by Gasteiger charge is 2.67. The van der Waals surface area contributed by atoms with Crippen LogP contribution in [0, 0.1) is 11.8 Å². The number of anilines is 1. The molecule has 0 radical (unpaired) electrons. The van der Waals surface area contributed by atoms with Crippen molar-refractivity contribution in [2.24, 2.45) is 11.8 Å². The first-order valence-corrected chi connectivity index (χ1v) is 7.72. The molecule has 110 valence electrons. The quantitative estimate of drug-likeness (QED) is 0.782. The number of fused-ring (bicyclic) bond motifs is 1. The van der Waals surface area contributed by atoms with Crippen molar-refractivity contribution in [2.75, 3.05) is 4.90 Å². The molecule has 22 heavy (non-hydrogen) atoms. The van der Waals surface area contributed by atoms with Crippen molar-refractivity contribution in [3.05, 3.63) is 64.1 Å². The van der Waals surface area contributed by atoms with Crippen molar-refractivity contribution in [1.29, 1.82) is 0 Å². The van der Waals surface area contributed by atoms with Crippen molar-refractivity contribution in [3.63, 3.8) is 0 Å². The number of hydrogen-bond donors (Lipinski definition) is 0. The SMILES string of the molecule is O=C1[C@@H]2[C@H](C(=O)N1c1cc(Cl)cc(Cl)c1)[C@@H]2c1ccccc1. The molecular formula is C17H11Cl2NO2. The van der Waals surface area contributed by atoms with Crippen molar-refractivity contribution < 1.29 is 9.59 Å². The normalized spacial score (nSPS) is 26.3. The largest absolute Gasteiger partial charge is 0.274 e. The summed E-state index contributed by atoms with van der Waals surface area (Å²) in [6.45, 7) is 0. The maximum absolute atomic E-state index is 12.6. The van der Waals surface area contributed by atoms with E-state index in [1.54, 1.807) is 18.2 Å². The van der Waals surface area contributed by atoms with Crippen LogP contribution in [0.5, 0.6) is 0 Å². The van der Waals surface area contributed by atoms with Gasteiger partial charge >= 0.3 is 0 Å². The topological polar surface area (TPSA) is 37.4 Å². The lowest BCUT2D eigenvalue weighted by Crippen LogP contribution is -2.34. The molecule has 2 aliphatic rings. The zero-order valence-corrected chi connectivity index (χ0v) is 12.9. The van der Waals surface area contributed by atoms with E-state index in [1.807, 2.05) is 30.3 Å². The van der Waals surface area contributed by atoms with Crippen molar-refractivity contribution in [1.82, 2.24) is 0 Å². The monoisotopic (exact) mass is 331 g/mol. The number of nitrogens with zero attached hydrogens (tertiary/aromatic N) is 1. The third-order valence-corrected chi connectivity index (χ3v) is 4.76. The Morgan fingerprint density at radius 2 is 1.32 bits per heavy atom. The second-order valence-corrected chi connectivity index (χ2v) is 6.50. The molecule has 1 saturated heterocycles. The van der Waals surface area contributed by atoms with E-state index in [9.17, 15) is 9.59 Å². The number of benzene rings is 2. The van der Waals surface area contributed by atoms with Crippen LogP contribution in [0.4, 0.5) is 5.69 Å². The van der Waals surface area contributed by atoms with Gasteiger partial charge in [-0.3, -0.25) is 9.59 Å². The third-order valence-electron chi connectivity index (χ3n) is 4.32. The highest BCUT2D eigenvalue weighted by Crippen LogP contribution is 2.60. The fraction of sp³-hybridized carbons (Fsp3) is 0.176. The summed E-state index contributed by atoms with van der Waals surface area (Å²) < 4.78 is 0. The molecule has 0 N–H and O–H groups in total. The number of hydrogen-bond acceptors (Lipinski definition) is 2. The van der Waals surface area contributed by atoms with E-state index < -0.39 is 0 Å². The summed E-state index contributed by atoms with van der Waals surface area (Å²) >= 11 is 11.9. The summed E-state index contributed by atoms with van der Waals surface area (Å²) in [4.78, 5) is 26.4. The average Bonchev–Trinajstić information content (AvgIpc) is 3.16. The van der Waals surface area contributed by atoms with Crippen LogP contribution < -0.4 is 4.90 Å². The van der Waals surface area contributed by atoms with Crippen LogP contribution in [0.15, 0.2) is 48.5 Å². The van der Waals surface area contributed by atoms with Crippen LogP contribution in [0.3, 0.4) is 0 Å². The smallest absolute Gasteiger partial charge is 0.238 e. The molecule has 1 aliphatic heterocycles. The summed E-state index contributed by atoms with van der Waals surface area (Å²) in [6.07, 6.45) is 0. The summed E-state index contributed by atoms with van der Waals surface area (Å²) in [5.41, 5.74) is 1.49. The first-order chi connectivity index (χ1) is 10.6. The molecule has 4 rings (SSSR count). The van der Waals surface area contributed by atoms with Crippen molar-refractivity contribution >= 4 is 40.7 Å². The predicted molar refractivity (Wildman–Crippen MR) is 85.1 cm³/mol. The van der Waals surface area contributed by atoms with Gasteiger partial charge in [-0.1, -0.05) is 53.5 Å². The number of halogens is 2. The molecule has 2 amide bonds. The summed E-state index contributed by atoms with van der Waals surface area (Å²) in [6, 6.07) is 14.4. The lowest BCUT2D eigenvalue weighted by molar-refractivity contribution is -0.123. The van der Waals surface area contributed by atoms with E-state index in [0.29, 0.717) is 15.7 Å². The van der Waals surface area contributed by atoms with E-state index in [0.717, 1.165) is 5.56 Å². The number of carbonyl (C=O) groups excluding carboxylic acids is 2. The number of rotatable bonds is 2. The first kappa shape index (κ1) is 13.8. The van der Waals surface area contributed by atoms with E-state index in [4.69, 9.17) is 23.2 Å². The molecule has 2 aromatic carbocycles. The van der Waals surface area contributed by atoms with Gasteiger partial charge < -0.3 is 0 Å². The van der Waals surface area contributed by atoms with Gasteiger partial charge in [-0.15, -0.1) is 0 Å². The molecule has 3 nitrogen and oxygen atoms in total. The Labute approximate surface area is 137 Å². The lowest BCUT2D eigenvalue weighted by atomic mass is 10.1. The Bertz CT molecular complexity index is 748. The number of amides is 2. The Kier molecular flexibility index (Phi) is 3.03. The molecule has 2 aromatic rings. The highest BCUT2D eigenvalue weighted by atomic mass is 35.5. The Morgan fingerprint density at radius 3 is 1.86 bits per heavy atom. The second kappa shape index (κ2) is 4.83. The van der Waals surface area contributed by atoms with Crippen molar-refractivity contribution in [3.8, 4) is 0 Å². The average molecular weight is 332 g/mol. The van der Waals surface area contributed by atoms with Crippen LogP contribution in [0.2, 0.25) is 10.0 Å². The van der Waals surface area contributed by atoms with E-state index >= 15 is 0 Å². The zero-order chi connectivity index (χ0) is 15.4. The lowest BCUT2D eigenvalue weighted by Gasteiger charge is -2.19. The molecule has 0 unspecified atom stereocenters. The molecule has 1 heterocycles. The number of piperidine rings is 1. The van der Waals surface area contributed by atoms with Crippen molar-refractivity contribution in [2.45, 2.75) is 5.92 Å². The number of imide groups is 1. The third kappa shape index (κ3) is 1.97. The van der Waals surface area contributed by atoms with Crippen LogP contribution >= 0.6 is 23.2 Å². The first-order valence-electron chi connectivity index (χ1n) is 6.97. The molecule has 5 heteroatoms.